The average molecular weight is 237 g/mol. The Morgan fingerprint density at radius 1 is 1.50 bits per heavy atom. The summed E-state index contributed by atoms with van der Waals surface area (Å²) in [7, 11) is 0. The molecule has 0 atom stereocenters. The normalized spacial score (nSPS) is 23.9. The molecule has 0 radical (unpaired) electrons. The predicted molar refractivity (Wildman–Crippen MR) is 66.5 cm³/mol. The summed E-state index contributed by atoms with van der Waals surface area (Å²) in [5.41, 5.74) is 7.59. The number of nitrogens with two attached hydrogens (primary N) is 1. The lowest BCUT2D eigenvalue weighted by molar-refractivity contribution is 0.251. The second-order valence-corrected chi connectivity index (χ2v) is 6.10. The van der Waals surface area contributed by atoms with Crippen molar-refractivity contribution >= 4 is 11.3 Å². The fraction of sp³-hybridized carbons (Fsp3) is 0.750. The zero-order chi connectivity index (χ0) is 11.2. The van der Waals surface area contributed by atoms with E-state index in [2.05, 4.69) is 11.8 Å². The molecular weight excluding hydrogens is 218 g/mol. The molecule has 3 nitrogen and oxygen atoms in total. The minimum atomic E-state index is -0.0704. The smallest absolute Gasteiger partial charge is 0.113 e. The van der Waals surface area contributed by atoms with Crippen molar-refractivity contribution in [3.8, 4) is 0 Å². The number of rotatable bonds is 2. The van der Waals surface area contributed by atoms with Crippen LogP contribution in [0.25, 0.3) is 0 Å². The van der Waals surface area contributed by atoms with Crippen LogP contribution >= 0.6 is 11.3 Å². The lowest BCUT2D eigenvalue weighted by Gasteiger charge is -2.35. The quantitative estimate of drug-likeness (QED) is 0.853. The standard InChI is InChI=1S/C12H19N3S/c1-2-15-7-4-9-10(8-15)16-11(14-9)12(13)5-3-6-12/h2-8,13H2,1H3. The largest absolute Gasteiger partial charge is 0.319 e. The van der Waals surface area contributed by atoms with Crippen molar-refractivity contribution in [1.82, 2.24) is 9.88 Å². The molecule has 0 saturated heterocycles. The van der Waals surface area contributed by atoms with Crippen molar-refractivity contribution in [3.05, 3.63) is 15.6 Å². The summed E-state index contributed by atoms with van der Waals surface area (Å²) >= 11 is 1.86. The topological polar surface area (TPSA) is 42.2 Å². The molecule has 0 unspecified atom stereocenters. The van der Waals surface area contributed by atoms with Crippen molar-refractivity contribution in [1.29, 1.82) is 0 Å². The highest BCUT2D eigenvalue weighted by atomic mass is 32.1. The van der Waals surface area contributed by atoms with E-state index < -0.39 is 0 Å². The summed E-state index contributed by atoms with van der Waals surface area (Å²) in [6, 6.07) is 0. The molecule has 1 fully saturated rings. The molecule has 1 aliphatic heterocycles. The number of aromatic nitrogens is 1. The van der Waals surface area contributed by atoms with Crippen LogP contribution in [-0.2, 0) is 18.5 Å². The van der Waals surface area contributed by atoms with Crippen LogP contribution in [0.15, 0.2) is 0 Å². The van der Waals surface area contributed by atoms with Gasteiger partial charge in [-0.2, -0.15) is 0 Å². The fourth-order valence-corrected chi connectivity index (χ4v) is 3.81. The van der Waals surface area contributed by atoms with E-state index in [-0.39, 0.29) is 5.54 Å². The fourth-order valence-electron chi connectivity index (χ4n) is 2.50. The van der Waals surface area contributed by atoms with E-state index in [1.165, 1.54) is 22.0 Å². The van der Waals surface area contributed by atoms with Crippen LogP contribution in [0.1, 0.15) is 41.8 Å². The van der Waals surface area contributed by atoms with E-state index in [1.54, 1.807) is 0 Å². The summed E-state index contributed by atoms with van der Waals surface area (Å²) in [4.78, 5) is 8.72. The van der Waals surface area contributed by atoms with Gasteiger partial charge in [-0.3, -0.25) is 4.90 Å². The van der Waals surface area contributed by atoms with E-state index in [9.17, 15) is 0 Å². The maximum atomic E-state index is 6.34. The van der Waals surface area contributed by atoms with Gasteiger partial charge in [0.1, 0.15) is 5.01 Å². The maximum absolute atomic E-state index is 6.34. The molecule has 1 aromatic rings. The highest BCUT2D eigenvalue weighted by Gasteiger charge is 2.38. The number of hydrogen-bond acceptors (Lipinski definition) is 4. The average Bonchev–Trinajstić information content (AvgIpc) is 2.68. The molecule has 0 aromatic carbocycles. The minimum absolute atomic E-state index is 0.0704. The van der Waals surface area contributed by atoms with Crippen LogP contribution < -0.4 is 5.73 Å². The molecule has 1 aromatic heterocycles. The number of fused-ring (bicyclic) bond motifs is 1. The Labute approximate surface area is 101 Å². The molecule has 2 aliphatic rings. The van der Waals surface area contributed by atoms with Crippen molar-refractivity contribution < 1.29 is 0 Å². The van der Waals surface area contributed by atoms with Crippen LogP contribution in [0, 0.1) is 0 Å². The predicted octanol–water partition coefficient (Wildman–Crippen LogP) is 1.86. The third-order valence-electron chi connectivity index (χ3n) is 3.93. The highest BCUT2D eigenvalue weighted by molar-refractivity contribution is 7.11. The summed E-state index contributed by atoms with van der Waals surface area (Å²) in [5.74, 6) is 0. The molecule has 88 valence electrons. The van der Waals surface area contributed by atoms with Gasteiger partial charge < -0.3 is 5.73 Å². The third-order valence-corrected chi connectivity index (χ3v) is 5.23. The van der Waals surface area contributed by atoms with Crippen molar-refractivity contribution in [2.75, 3.05) is 13.1 Å². The zero-order valence-electron chi connectivity index (χ0n) is 9.83. The monoisotopic (exact) mass is 237 g/mol. The van der Waals surface area contributed by atoms with E-state index in [0.717, 1.165) is 38.9 Å². The molecule has 0 amide bonds. The van der Waals surface area contributed by atoms with E-state index >= 15 is 0 Å². The number of nitrogens with zero attached hydrogens (tertiary/aromatic N) is 2. The Kier molecular flexibility index (Phi) is 2.53. The van der Waals surface area contributed by atoms with Crippen LogP contribution in [0.5, 0.6) is 0 Å². The number of likely N-dealkylation sites (N-methyl/N-ethyl adjacent to an activating group) is 1. The van der Waals surface area contributed by atoms with Crippen LogP contribution in [0.4, 0.5) is 0 Å². The van der Waals surface area contributed by atoms with Crippen molar-refractivity contribution in [2.24, 2.45) is 5.73 Å². The second kappa shape index (κ2) is 3.79. The summed E-state index contributed by atoms with van der Waals surface area (Å²) in [6.45, 7) is 5.60. The Morgan fingerprint density at radius 2 is 2.31 bits per heavy atom. The lowest BCUT2D eigenvalue weighted by atomic mass is 9.78. The molecule has 0 spiro atoms. The Bertz CT molecular complexity index is 395. The Hall–Kier alpha value is -0.450. The third kappa shape index (κ3) is 1.60. The summed E-state index contributed by atoms with van der Waals surface area (Å²) in [5, 5.41) is 1.20. The molecule has 2 N–H and O–H groups in total. The van der Waals surface area contributed by atoms with Crippen LogP contribution in [0.3, 0.4) is 0 Å². The van der Waals surface area contributed by atoms with E-state index in [1.807, 2.05) is 11.3 Å². The van der Waals surface area contributed by atoms with Crippen molar-refractivity contribution in [2.45, 2.75) is 44.7 Å². The second-order valence-electron chi connectivity index (χ2n) is 5.02. The van der Waals surface area contributed by atoms with Gasteiger partial charge in [-0.05, 0) is 25.8 Å². The van der Waals surface area contributed by atoms with Gasteiger partial charge in [0.25, 0.3) is 0 Å². The zero-order valence-corrected chi connectivity index (χ0v) is 10.6. The van der Waals surface area contributed by atoms with Crippen LogP contribution in [0.2, 0.25) is 0 Å². The van der Waals surface area contributed by atoms with Gasteiger partial charge in [0.15, 0.2) is 0 Å². The van der Waals surface area contributed by atoms with Gasteiger partial charge in [-0.25, -0.2) is 4.98 Å². The van der Waals surface area contributed by atoms with Crippen molar-refractivity contribution in [3.63, 3.8) is 0 Å². The number of thiazole rings is 1. The first-order chi connectivity index (χ1) is 7.71. The highest BCUT2D eigenvalue weighted by Crippen LogP contribution is 2.42. The van der Waals surface area contributed by atoms with E-state index in [0.29, 0.717) is 0 Å². The Morgan fingerprint density at radius 3 is 2.94 bits per heavy atom. The van der Waals surface area contributed by atoms with Gasteiger partial charge >= 0.3 is 0 Å². The van der Waals surface area contributed by atoms with Gasteiger partial charge in [-0.1, -0.05) is 6.92 Å². The molecule has 1 saturated carbocycles. The molecule has 1 aliphatic carbocycles. The van der Waals surface area contributed by atoms with Gasteiger partial charge in [0.05, 0.1) is 11.2 Å². The van der Waals surface area contributed by atoms with Gasteiger partial charge in [0.2, 0.25) is 0 Å². The Balaban J connectivity index is 1.86. The number of hydrogen-bond donors (Lipinski definition) is 1. The molecule has 16 heavy (non-hydrogen) atoms. The SMILES string of the molecule is CCN1CCc2nc(C3(N)CCC3)sc2C1. The first kappa shape index (κ1) is 10.7. The summed E-state index contributed by atoms with van der Waals surface area (Å²) < 4.78 is 0. The molecule has 0 bridgehead atoms. The van der Waals surface area contributed by atoms with Crippen LogP contribution in [-0.4, -0.2) is 23.0 Å². The molecule has 2 heterocycles. The van der Waals surface area contributed by atoms with Gasteiger partial charge in [-0.15, -0.1) is 11.3 Å². The van der Waals surface area contributed by atoms with E-state index in [4.69, 9.17) is 10.7 Å². The molecule has 4 heteroatoms. The molecular formula is C12H19N3S. The lowest BCUT2D eigenvalue weighted by Crippen LogP contribution is -2.43. The first-order valence-electron chi connectivity index (χ1n) is 6.21. The summed E-state index contributed by atoms with van der Waals surface area (Å²) in [6.07, 6.45) is 4.62. The first-order valence-corrected chi connectivity index (χ1v) is 7.03. The molecule has 3 rings (SSSR count). The van der Waals surface area contributed by atoms with Gasteiger partial charge in [0, 0.05) is 24.4 Å². The minimum Gasteiger partial charge on any atom is -0.319 e. The maximum Gasteiger partial charge on any atom is 0.113 e.